The molecule has 0 bridgehead atoms. The van der Waals surface area contributed by atoms with Gasteiger partial charge in [0.15, 0.2) is 6.04 Å². The summed E-state index contributed by atoms with van der Waals surface area (Å²) in [5.41, 5.74) is 0.203. The van der Waals surface area contributed by atoms with Crippen molar-refractivity contribution in [1.29, 1.82) is 0 Å². The van der Waals surface area contributed by atoms with Gasteiger partial charge in [-0.1, -0.05) is 13.3 Å². The first kappa shape index (κ1) is 21.6. The monoisotopic (exact) mass is 393 g/mol. The number of aliphatic hydroxyl groups is 1. The number of hydrogen-bond acceptors (Lipinski definition) is 7. The highest BCUT2D eigenvalue weighted by Crippen LogP contribution is 2.31. The van der Waals surface area contributed by atoms with Crippen molar-refractivity contribution in [2.45, 2.75) is 38.6 Å². The number of pyridine rings is 1. The van der Waals surface area contributed by atoms with Crippen LogP contribution in [0.5, 0.6) is 0 Å². The second kappa shape index (κ2) is 10.6. The minimum atomic E-state index is -1.17. The highest BCUT2D eigenvalue weighted by Gasteiger charge is 2.30. The maximum absolute atomic E-state index is 12.5. The van der Waals surface area contributed by atoms with E-state index < -0.39 is 30.6 Å². The quantitative estimate of drug-likeness (QED) is 0.457. The van der Waals surface area contributed by atoms with E-state index in [1.807, 2.05) is 6.92 Å². The van der Waals surface area contributed by atoms with Crippen molar-refractivity contribution < 1.29 is 29.0 Å². The van der Waals surface area contributed by atoms with Gasteiger partial charge in [-0.25, -0.2) is 14.6 Å². The number of esters is 1. The van der Waals surface area contributed by atoms with Crippen molar-refractivity contribution in [3.63, 3.8) is 0 Å². The third kappa shape index (κ3) is 6.19. The second-order valence-electron chi connectivity index (χ2n) is 6.66. The molecule has 2 N–H and O–H groups in total. The molecule has 1 aromatic heterocycles. The van der Waals surface area contributed by atoms with Crippen LogP contribution in [0.4, 0.5) is 10.6 Å². The zero-order valence-corrected chi connectivity index (χ0v) is 16.2. The zero-order valence-electron chi connectivity index (χ0n) is 16.2. The number of amides is 2. The van der Waals surface area contributed by atoms with Crippen molar-refractivity contribution in [3.05, 3.63) is 23.9 Å². The number of carbonyl (C=O) groups is 3. The topological polar surface area (TPSA) is 118 Å². The Bertz CT molecular complexity index is 692. The molecule has 1 aliphatic rings. The fourth-order valence-corrected chi connectivity index (χ4v) is 2.47. The van der Waals surface area contributed by atoms with Gasteiger partial charge in [-0.2, -0.15) is 0 Å². The first-order chi connectivity index (χ1) is 13.5. The summed E-state index contributed by atoms with van der Waals surface area (Å²) in [6.07, 6.45) is 4.68. The summed E-state index contributed by atoms with van der Waals surface area (Å²) in [7, 11) is 1.17. The molecule has 0 aliphatic heterocycles. The minimum absolute atomic E-state index is 0.203. The van der Waals surface area contributed by atoms with Crippen molar-refractivity contribution in [3.8, 4) is 0 Å². The number of rotatable bonds is 10. The Balaban J connectivity index is 2.13. The summed E-state index contributed by atoms with van der Waals surface area (Å²) in [6, 6.07) is 1.75. The molecule has 0 saturated heterocycles. The molecule has 28 heavy (non-hydrogen) atoms. The van der Waals surface area contributed by atoms with Crippen LogP contribution in [0.3, 0.4) is 0 Å². The molecular weight excluding hydrogens is 366 g/mol. The number of methoxy groups -OCH3 is 1. The highest BCUT2D eigenvalue weighted by atomic mass is 16.6. The average Bonchev–Trinajstić information content (AvgIpc) is 3.53. The lowest BCUT2D eigenvalue weighted by Gasteiger charge is -2.21. The largest absolute Gasteiger partial charge is 0.467 e. The standard InChI is InChI=1S/C19H27N3O6/c1-3-4-9-28-19(26)22(11-13-5-6-13)16-10-14(7-8-20-16)17(24)21-15(12-23)18(25)27-2/h7-8,10,13,15,23H,3-6,9,11-12H2,1-2H3,(H,21,24). The average molecular weight is 393 g/mol. The summed E-state index contributed by atoms with van der Waals surface area (Å²) < 4.78 is 9.84. The lowest BCUT2D eigenvalue weighted by atomic mass is 10.2. The molecule has 154 valence electrons. The van der Waals surface area contributed by atoms with Gasteiger partial charge in [-0.3, -0.25) is 9.69 Å². The van der Waals surface area contributed by atoms with E-state index in [-0.39, 0.29) is 5.56 Å². The van der Waals surface area contributed by atoms with Crippen LogP contribution in [-0.2, 0) is 14.3 Å². The molecule has 0 radical (unpaired) electrons. The molecule has 1 unspecified atom stereocenters. The van der Waals surface area contributed by atoms with Crippen LogP contribution >= 0.6 is 0 Å². The summed E-state index contributed by atoms with van der Waals surface area (Å²) in [5, 5.41) is 11.6. The fourth-order valence-electron chi connectivity index (χ4n) is 2.47. The Morgan fingerprint density at radius 2 is 2.14 bits per heavy atom. The van der Waals surface area contributed by atoms with Crippen LogP contribution in [0.15, 0.2) is 18.3 Å². The molecule has 1 heterocycles. The zero-order chi connectivity index (χ0) is 20.5. The third-order valence-electron chi connectivity index (χ3n) is 4.34. The number of carbonyl (C=O) groups excluding carboxylic acids is 3. The smallest absolute Gasteiger partial charge is 0.415 e. The van der Waals surface area contributed by atoms with Gasteiger partial charge in [0.1, 0.15) is 5.82 Å². The molecular formula is C19H27N3O6. The molecule has 9 nitrogen and oxygen atoms in total. The summed E-state index contributed by atoms with van der Waals surface area (Å²) >= 11 is 0. The molecule has 1 saturated carbocycles. The molecule has 1 aliphatic carbocycles. The number of unbranched alkanes of at least 4 members (excludes halogenated alkanes) is 1. The lowest BCUT2D eigenvalue weighted by Crippen LogP contribution is -2.44. The van der Waals surface area contributed by atoms with Crippen molar-refractivity contribution in [2.75, 3.05) is 31.8 Å². The molecule has 1 fully saturated rings. The summed E-state index contributed by atoms with van der Waals surface area (Å²) in [5.74, 6) is -0.630. The fraction of sp³-hybridized carbons (Fsp3) is 0.579. The van der Waals surface area contributed by atoms with Crippen molar-refractivity contribution >= 4 is 23.8 Å². The van der Waals surface area contributed by atoms with Gasteiger partial charge < -0.3 is 19.9 Å². The van der Waals surface area contributed by atoms with Gasteiger partial charge in [0.2, 0.25) is 0 Å². The first-order valence-electron chi connectivity index (χ1n) is 9.40. The van der Waals surface area contributed by atoms with Gasteiger partial charge in [-0.15, -0.1) is 0 Å². The van der Waals surface area contributed by atoms with Crippen LogP contribution < -0.4 is 10.2 Å². The van der Waals surface area contributed by atoms with E-state index in [4.69, 9.17) is 4.74 Å². The SMILES string of the molecule is CCCCOC(=O)N(CC1CC1)c1cc(C(=O)NC(CO)C(=O)OC)ccn1. The Morgan fingerprint density at radius 1 is 1.39 bits per heavy atom. The van der Waals surface area contributed by atoms with Gasteiger partial charge in [0.25, 0.3) is 5.91 Å². The van der Waals surface area contributed by atoms with Gasteiger partial charge >= 0.3 is 12.1 Å². The van der Waals surface area contributed by atoms with E-state index >= 15 is 0 Å². The van der Waals surface area contributed by atoms with Gasteiger partial charge in [-0.05, 0) is 37.3 Å². The van der Waals surface area contributed by atoms with Crippen LogP contribution in [0, 0.1) is 5.92 Å². The minimum Gasteiger partial charge on any atom is -0.467 e. The number of aromatic nitrogens is 1. The van der Waals surface area contributed by atoms with Crippen LogP contribution in [0.1, 0.15) is 43.0 Å². The Labute approximate surface area is 164 Å². The Kier molecular flexibility index (Phi) is 8.19. The molecule has 1 aromatic rings. The molecule has 9 heteroatoms. The van der Waals surface area contributed by atoms with Crippen LogP contribution in [0.2, 0.25) is 0 Å². The lowest BCUT2D eigenvalue weighted by molar-refractivity contribution is -0.143. The number of nitrogens with one attached hydrogen (secondary N) is 1. The second-order valence-corrected chi connectivity index (χ2v) is 6.66. The van der Waals surface area contributed by atoms with E-state index in [1.54, 1.807) is 0 Å². The summed E-state index contributed by atoms with van der Waals surface area (Å²) in [6.45, 7) is 2.22. The van der Waals surface area contributed by atoms with Crippen LogP contribution in [0.25, 0.3) is 0 Å². The van der Waals surface area contributed by atoms with E-state index in [0.29, 0.717) is 24.9 Å². The summed E-state index contributed by atoms with van der Waals surface area (Å²) in [4.78, 5) is 42.1. The highest BCUT2D eigenvalue weighted by molar-refractivity contribution is 5.98. The number of aliphatic hydroxyl groups excluding tert-OH is 1. The Morgan fingerprint density at radius 3 is 2.75 bits per heavy atom. The molecule has 0 spiro atoms. The van der Waals surface area contributed by atoms with Crippen molar-refractivity contribution in [2.24, 2.45) is 5.92 Å². The van der Waals surface area contributed by atoms with E-state index in [1.165, 1.54) is 30.3 Å². The van der Waals surface area contributed by atoms with Crippen LogP contribution in [-0.4, -0.2) is 61.0 Å². The predicted octanol–water partition coefficient (Wildman–Crippen LogP) is 1.50. The van der Waals surface area contributed by atoms with Gasteiger partial charge in [0, 0.05) is 18.3 Å². The number of hydrogen-bond donors (Lipinski definition) is 2. The molecule has 2 amide bonds. The van der Waals surface area contributed by atoms with E-state index in [9.17, 15) is 19.5 Å². The number of anilines is 1. The molecule has 0 aromatic carbocycles. The first-order valence-corrected chi connectivity index (χ1v) is 9.40. The predicted molar refractivity (Wildman–Crippen MR) is 101 cm³/mol. The maximum Gasteiger partial charge on any atom is 0.415 e. The van der Waals surface area contributed by atoms with Gasteiger partial charge in [0.05, 0.1) is 20.3 Å². The maximum atomic E-state index is 12.5. The van der Waals surface area contributed by atoms with Crippen molar-refractivity contribution in [1.82, 2.24) is 10.3 Å². The normalized spacial score (nSPS) is 14.1. The van der Waals surface area contributed by atoms with E-state index in [0.717, 1.165) is 25.7 Å². The Hall–Kier alpha value is -2.68. The number of ether oxygens (including phenoxy) is 2. The van der Waals surface area contributed by atoms with E-state index in [2.05, 4.69) is 15.0 Å². The molecule has 1 atom stereocenters. The molecule has 2 rings (SSSR count). The number of nitrogens with zero attached hydrogens (tertiary/aromatic N) is 2. The third-order valence-corrected chi connectivity index (χ3v) is 4.34.